The van der Waals surface area contributed by atoms with Crippen LogP contribution in [0.5, 0.6) is 11.5 Å². The van der Waals surface area contributed by atoms with E-state index in [-0.39, 0.29) is 0 Å². The van der Waals surface area contributed by atoms with Gasteiger partial charge < -0.3 is 9.58 Å². The summed E-state index contributed by atoms with van der Waals surface area (Å²) in [7, 11) is 2.11. The van der Waals surface area contributed by atoms with E-state index in [0.29, 0.717) is 12.5 Å². The molecule has 3 aromatic carbocycles. The van der Waals surface area contributed by atoms with Crippen molar-refractivity contribution in [3.63, 3.8) is 0 Å². The number of aromatic nitrogens is 1. The third-order valence-corrected chi connectivity index (χ3v) is 6.11. The van der Waals surface area contributed by atoms with E-state index in [0.717, 1.165) is 34.3 Å². The summed E-state index contributed by atoms with van der Waals surface area (Å²) < 4.78 is 8.91. The molecule has 3 heteroatoms. The Morgan fingerprint density at radius 1 is 1.10 bits per heavy atom. The van der Waals surface area contributed by atoms with E-state index in [1.54, 1.807) is 0 Å². The summed E-state index contributed by atoms with van der Waals surface area (Å²) in [5.41, 5.74) is 5.93. The van der Waals surface area contributed by atoms with Crippen LogP contribution in [0.3, 0.4) is 0 Å². The van der Waals surface area contributed by atoms with Crippen LogP contribution in [0.25, 0.3) is 37.6 Å². The Labute approximate surface area is 177 Å². The summed E-state index contributed by atoms with van der Waals surface area (Å²) in [5, 5.41) is 4.83. The Morgan fingerprint density at radius 2 is 1.87 bits per heavy atom. The third-order valence-electron chi connectivity index (χ3n) is 6.11. The molecule has 0 N–H and O–H groups in total. The number of nitrogens with zero attached hydrogens (tertiary/aromatic N) is 2. The van der Waals surface area contributed by atoms with Gasteiger partial charge in [0.15, 0.2) is 6.20 Å². The molecule has 0 fully saturated rings. The summed E-state index contributed by atoms with van der Waals surface area (Å²) in [6.45, 7) is 14.4. The van der Waals surface area contributed by atoms with Crippen molar-refractivity contribution in [3.8, 4) is 22.8 Å². The number of ether oxygens (including phenoxy) is 1. The van der Waals surface area contributed by atoms with E-state index in [1.165, 1.54) is 33.2 Å². The zero-order chi connectivity index (χ0) is 21.0. The molecule has 30 heavy (non-hydrogen) atoms. The van der Waals surface area contributed by atoms with Gasteiger partial charge in [0.1, 0.15) is 18.5 Å². The second-order valence-electron chi connectivity index (χ2n) is 8.70. The highest BCUT2D eigenvalue weighted by Crippen LogP contribution is 2.51. The lowest BCUT2D eigenvalue weighted by Crippen LogP contribution is -2.32. The van der Waals surface area contributed by atoms with Crippen LogP contribution in [0.1, 0.15) is 30.5 Å². The zero-order valence-corrected chi connectivity index (χ0v) is 17.9. The molecule has 2 heterocycles. The molecule has 148 valence electrons. The largest absolute Gasteiger partial charge is 0.455 e. The van der Waals surface area contributed by atoms with Gasteiger partial charge in [0, 0.05) is 17.2 Å². The molecule has 0 saturated heterocycles. The first-order valence-electron chi connectivity index (χ1n) is 10.5. The average Bonchev–Trinajstić information content (AvgIpc) is 2.73. The maximum Gasteiger partial charge on any atom is 0.239 e. The van der Waals surface area contributed by atoms with Gasteiger partial charge in [0.05, 0.1) is 10.9 Å². The minimum absolute atomic E-state index is 0.366. The number of hydrogen-bond donors (Lipinski definition) is 0. The van der Waals surface area contributed by atoms with Crippen LogP contribution in [0.2, 0.25) is 0 Å². The lowest BCUT2D eigenvalue weighted by atomic mass is 9.86. The number of aryl methyl sites for hydroxylation is 2. The molecular formula is C27H25N2O+. The molecule has 1 aliphatic heterocycles. The SMILES string of the molecule is [C-]#[N+]Cc1cc2c3c([n+](C)ccc3c1)-c1c(c(CC(C)C)c3ccccc3c1C)O2. The van der Waals surface area contributed by atoms with E-state index < -0.39 is 0 Å². The van der Waals surface area contributed by atoms with Crippen LogP contribution in [-0.4, -0.2) is 0 Å². The fourth-order valence-corrected chi connectivity index (χ4v) is 4.86. The van der Waals surface area contributed by atoms with E-state index in [1.807, 2.05) is 0 Å². The maximum atomic E-state index is 7.29. The Bertz CT molecular complexity index is 1380. The lowest BCUT2D eigenvalue weighted by Gasteiger charge is -2.26. The van der Waals surface area contributed by atoms with Crippen molar-refractivity contribution in [1.29, 1.82) is 0 Å². The van der Waals surface area contributed by atoms with Gasteiger partial charge in [-0.2, -0.15) is 0 Å². The standard InChI is InChI=1S/C27H25N2O/c1-16(2)12-22-21-9-7-6-8-20(21)17(3)24-26-25-19(10-11-29(26)5)13-18(15-28-4)14-23(25)30-27(22)24/h6-11,13-14,16H,12,15H2,1-3,5H3/q+1. The van der Waals surface area contributed by atoms with Crippen LogP contribution >= 0.6 is 0 Å². The monoisotopic (exact) mass is 393 g/mol. The van der Waals surface area contributed by atoms with Gasteiger partial charge in [-0.05, 0) is 53.1 Å². The third kappa shape index (κ3) is 2.68. The molecule has 0 unspecified atom stereocenters. The van der Waals surface area contributed by atoms with Crippen molar-refractivity contribution in [2.45, 2.75) is 33.7 Å². The Kier molecular flexibility index (Phi) is 4.25. The van der Waals surface area contributed by atoms with E-state index in [4.69, 9.17) is 11.3 Å². The number of fused-ring (bicyclic) bond motifs is 3. The van der Waals surface area contributed by atoms with Crippen LogP contribution in [0.4, 0.5) is 0 Å². The van der Waals surface area contributed by atoms with Gasteiger partial charge in [0.25, 0.3) is 0 Å². The minimum atomic E-state index is 0.366. The lowest BCUT2D eigenvalue weighted by molar-refractivity contribution is -0.659. The van der Waals surface area contributed by atoms with E-state index in [2.05, 4.69) is 85.9 Å². The van der Waals surface area contributed by atoms with E-state index >= 15 is 0 Å². The summed E-state index contributed by atoms with van der Waals surface area (Å²) in [6.07, 6.45) is 3.08. The fourth-order valence-electron chi connectivity index (χ4n) is 4.86. The van der Waals surface area contributed by atoms with Crippen molar-refractivity contribution in [3.05, 3.63) is 76.8 Å². The normalized spacial score (nSPS) is 12.1. The maximum absolute atomic E-state index is 7.29. The Balaban J connectivity index is 1.95. The van der Waals surface area contributed by atoms with Crippen molar-refractivity contribution in [2.24, 2.45) is 13.0 Å². The molecule has 0 aliphatic carbocycles. The molecule has 3 nitrogen and oxygen atoms in total. The molecule has 0 spiro atoms. The van der Waals surface area contributed by atoms with Crippen LogP contribution < -0.4 is 9.30 Å². The summed E-state index contributed by atoms with van der Waals surface area (Å²) in [4.78, 5) is 3.59. The summed E-state index contributed by atoms with van der Waals surface area (Å²) in [5.74, 6) is 2.36. The Morgan fingerprint density at radius 3 is 2.60 bits per heavy atom. The first-order chi connectivity index (χ1) is 14.5. The minimum Gasteiger partial charge on any atom is -0.455 e. The molecule has 1 aromatic heterocycles. The van der Waals surface area contributed by atoms with Crippen LogP contribution in [0, 0.1) is 19.4 Å². The van der Waals surface area contributed by atoms with Crippen molar-refractivity contribution < 1.29 is 9.30 Å². The first kappa shape index (κ1) is 18.6. The number of hydrogen-bond acceptors (Lipinski definition) is 1. The van der Waals surface area contributed by atoms with Crippen LogP contribution in [-0.2, 0) is 20.0 Å². The topological polar surface area (TPSA) is 17.5 Å². The highest BCUT2D eigenvalue weighted by molar-refractivity contribution is 6.06. The highest BCUT2D eigenvalue weighted by Gasteiger charge is 2.33. The van der Waals surface area contributed by atoms with Gasteiger partial charge in [-0.1, -0.05) is 38.1 Å². The predicted octanol–water partition coefficient (Wildman–Crippen LogP) is 6.52. The second-order valence-corrected chi connectivity index (χ2v) is 8.70. The Hall–Kier alpha value is -3.38. The zero-order valence-electron chi connectivity index (χ0n) is 17.9. The van der Waals surface area contributed by atoms with Gasteiger partial charge in [-0.25, -0.2) is 11.1 Å². The fraction of sp³-hybridized carbons (Fsp3) is 0.259. The molecule has 0 amide bonds. The average molecular weight is 394 g/mol. The van der Waals surface area contributed by atoms with Gasteiger partial charge in [-0.3, -0.25) is 0 Å². The molecule has 0 radical (unpaired) electrons. The quantitative estimate of drug-likeness (QED) is 0.252. The first-order valence-corrected chi connectivity index (χ1v) is 10.5. The molecule has 0 saturated carbocycles. The summed E-state index contributed by atoms with van der Waals surface area (Å²) >= 11 is 0. The highest BCUT2D eigenvalue weighted by atomic mass is 16.5. The molecule has 0 atom stereocenters. The van der Waals surface area contributed by atoms with E-state index in [9.17, 15) is 0 Å². The molecular weight excluding hydrogens is 368 g/mol. The molecule has 4 aromatic rings. The number of rotatable bonds is 3. The second kappa shape index (κ2) is 6.85. The van der Waals surface area contributed by atoms with Crippen molar-refractivity contribution in [2.75, 3.05) is 0 Å². The predicted molar refractivity (Wildman–Crippen MR) is 122 cm³/mol. The van der Waals surface area contributed by atoms with Gasteiger partial charge >= 0.3 is 0 Å². The smallest absolute Gasteiger partial charge is 0.239 e. The number of pyridine rings is 1. The van der Waals surface area contributed by atoms with Gasteiger partial charge in [0.2, 0.25) is 12.2 Å². The van der Waals surface area contributed by atoms with Crippen molar-refractivity contribution in [1.82, 2.24) is 0 Å². The molecule has 0 bridgehead atoms. The van der Waals surface area contributed by atoms with Crippen molar-refractivity contribution >= 4 is 21.5 Å². The summed E-state index contributed by atoms with van der Waals surface area (Å²) in [6, 6.07) is 15.0. The molecule has 5 rings (SSSR count). The van der Waals surface area contributed by atoms with Crippen LogP contribution in [0.15, 0.2) is 48.7 Å². The van der Waals surface area contributed by atoms with Gasteiger partial charge in [-0.15, -0.1) is 0 Å². The molecule has 1 aliphatic rings. The number of benzene rings is 3.